The minimum atomic E-state index is -0.427. The highest BCUT2D eigenvalue weighted by Crippen LogP contribution is 2.24. The van der Waals surface area contributed by atoms with E-state index in [2.05, 4.69) is 10.4 Å². The third-order valence-electron chi connectivity index (χ3n) is 2.05. The maximum atomic E-state index is 10.7. The van der Waals surface area contributed by atoms with Crippen LogP contribution in [0, 0.1) is 6.92 Å². The van der Waals surface area contributed by atoms with Gasteiger partial charge < -0.3 is 16.8 Å². The number of carbonyl (C=O) groups is 1. The lowest BCUT2D eigenvalue weighted by atomic mass is 10.3. The Morgan fingerprint density at radius 2 is 2.20 bits per heavy atom. The molecule has 0 bridgehead atoms. The largest absolute Gasteiger partial charge is 0.394 e. The van der Waals surface area contributed by atoms with E-state index in [1.807, 2.05) is 20.8 Å². The van der Waals surface area contributed by atoms with Gasteiger partial charge in [0.05, 0.1) is 17.9 Å². The van der Waals surface area contributed by atoms with Gasteiger partial charge in [0.25, 0.3) is 0 Å². The molecule has 1 aromatic rings. The molecule has 1 aromatic heterocycles. The fourth-order valence-corrected chi connectivity index (χ4v) is 1.28. The average molecular weight is 211 g/mol. The summed E-state index contributed by atoms with van der Waals surface area (Å²) in [6.07, 6.45) is 0. The molecule has 0 spiro atoms. The van der Waals surface area contributed by atoms with Crippen LogP contribution in [0.15, 0.2) is 0 Å². The predicted octanol–water partition coefficient (Wildman–Crippen LogP) is 0.252. The summed E-state index contributed by atoms with van der Waals surface area (Å²) in [7, 11) is 0. The van der Waals surface area contributed by atoms with Crippen molar-refractivity contribution < 1.29 is 4.79 Å². The maximum absolute atomic E-state index is 10.7. The van der Waals surface area contributed by atoms with Gasteiger partial charge in [-0.05, 0) is 20.8 Å². The molecule has 0 aromatic carbocycles. The number of carbonyl (C=O) groups excluding carboxylic acids is 1. The number of aryl methyl sites for hydroxylation is 1. The summed E-state index contributed by atoms with van der Waals surface area (Å²) in [5.41, 5.74) is 12.2. The van der Waals surface area contributed by atoms with Crippen LogP contribution in [0.2, 0.25) is 0 Å². The van der Waals surface area contributed by atoms with Crippen LogP contribution in [-0.4, -0.2) is 22.2 Å². The fraction of sp³-hybridized carbons (Fsp3) is 0.556. The number of aromatic nitrogens is 2. The number of nitrogen functional groups attached to an aromatic ring is 1. The van der Waals surface area contributed by atoms with Crippen LogP contribution in [0.3, 0.4) is 0 Å². The van der Waals surface area contributed by atoms with Crippen LogP contribution in [0.25, 0.3) is 0 Å². The number of hydrogen-bond donors (Lipinski definition) is 3. The Morgan fingerprint density at radius 3 is 2.67 bits per heavy atom. The second-order valence-corrected chi connectivity index (χ2v) is 3.71. The summed E-state index contributed by atoms with van der Waals surface area (Å²) in [6.45, 7) is 5.86. The first-order valence-corrected chi connectivity index (χ1v) is 4.80. The van der Waals surface area contributed by atoms with Gasteiger partial charge in [-0.25, -0.2) is 4.68 Å². The number of hydrogen-bond acceptors (Lipinski definition) is 4. The summed E-state index contributed by atoms with van der Waals surface area (Å²) in [5.74, 6) is 0.227. The normalized spacial score (nSPS) is 10.7. The van der Waals surface area contributed by atoms with Crippen molar-refractivity contribution in [3.8, 4) is 0 Å². The van der Waals surface area contributed by atoms with Gasteiger partial charge in [-0.3, -0.25) is 4.79 Å². The first-order valence-electron chi connectivity index (χ1n) is 4.80. The third-order valence-corrected chi connectivity index (χ3v) is 2.05. The molecule has 5 N–H and O–H groups in total. The lowest BCUT2D eigenvalue weighted by molar-refractivity contribution is -0.116. The van der Waals surface area contributed by atoms with Gasteiger partial charge in [0.1, 0.15) is 5.82 Å². The molecule has 84 valence electrons. The maximum Gasteiger partial charge on any atom is 0.236 e. The first-order chi connectivity index (χ1) is 6.93. The highest BCUT2D eigenvalue weighted by Gasteiger charge is 2.14. The van der Waals surface area contributed by atoms with Gasteiger partial charge in [-0.2, -0.15) is 5.10 Å². The van der Waals surface area contributed by atoms with E-state index < -0.39 is 5.91 Å². The van der Waals surface area contributed by atoms with Crippen LogP contribution in [0.1, 0.15) is 25.6 Å². The zero-order valence-corrected chi connectivity index (χ0v) is 9.24. The van der Waals surface area contributed by atoms with E-state index >= 15 is 0 Å². The van der Waals surface area contributed by atoms with Gasteiger partial charge in [0, 0.05) is 6.04 Å². The molecule has 0 aliphatic heterocycles. The van der Waals surface area contributed by atoms with Gasteiger partial charge in [-0.1, -0.05) is 0 Å². The molecule has 0 aliphatic carbocycles. The highest BCUT2D eigenvalue weighted by molar-refractivity contribution is 5.80. The average Bonchev–Trinajstić information content (AvgIpc) is 2.41. The molecule has 1 amide bonds. The van der Waals surface area contributed by atoms with E-state index in [-0.39, 0.29) is 12.6 Å². The number of anilines is 2. The fourth-order valence-electron chi connectivity index (χ4n) is 1.28. The number of nitrogens with zero attached hydrogens (tertiary/aromatic N) is 2. The van der Waals surface area contributed by atoms with E-state index in [4.69, 9.17) is 11.5 Å². The van der Waals surface area contributed by atoms with Crippen molar-refractivity contribution in [2.45, 2.75) is 26.8 Å². The van der Waals surface area contributed by atoms with Crippen molar-refractivity contribution in [1.29, 1.82) is 0 Å². The van der Waals surface area contributed by atoms with E-state index in [0.29, 0.717) is 11.5 Å². The smallest absolute Gasteiger partial charge is 0.236 e. The van der Waals surface area contributed by atoms with Crippen LogP contribution in [0.4, 0.5) is 11.5 Å². The second-order valence-electron chi connectivity index (χ2n) is 3.71. The molecule has 6 heteroatoms. The summed E-state index contributed by atoms with van der Waals surface area (Å²) >= 11 is 0. The Hall–Kier alpha value is -1.72. The predicted molar refractivity (Wildman–Crippen MR) is 59.4 cm³/mol. The molecular formula is C9H17N5O. The minimum absolute atomic E-state index is 0.0576. The summed E-state index contributed by atoms with van der Waals surface area (Å²) in [4.78, 5) is 10.7. The van der Waals surface area contributed by atoms with Crippen molar-refractivity contribution >= 4 is 17.4 Å². The Labute approximate surface area is 88.6 Å². The molecule has 1 rings (SSSR count). The molecule has 0 saturated carbocycles. The number of nitrogens with one attached hydrogen (secondary N) is 1. The van der Waals surface area contributed by atoms with E-state index in [0.717, 1.165) is 5.69 Å². The van der Waals surface area contributed by atoms with Crippen molar-refractivity contribution in [3.05, 3.63) is 5.69 Å². The third kappa shape index (κ3) is 2.39. The van der Waals surface area contributed by atoms with Crippen molar-refractivity contribution in [2.75, 3.05) is 17.6 Å². The van der Waals surface area contributed by atoms with Gasteiger partial charge in [-0.15, -0.1) is 0 Å². The molecule has 0 unspecified atom stereocenters. The molecule has 0 fully saturated rings. The van der Waals surface area contributed by atoms with Crippen LogP contribution in [0.5, 0.6) is 0 Å². The minimum Gasteiger partial charge on any atom is -0.394 e. The number of amides is 1. The van der Waals surface area contributed by atoms with Crippen molar-refractivity contribution in [2.24, 2.45) is 5.73 Å². The highest BCUT2D eigenvalue weighted by atomic mass is 16.1. The summed E-state index contributed by atoms with van der Waals surface area (Å²) in [6, 6.07) is 0.177. The molecule has 6 nitrogen and oxygen atoms in total. The topological polar surface area (TPSA) is 99.0 Å². The zero-order valence-electron chi connectivity index (χ0n) is 9.24. The zero-order chi connectivity index (χ0) is 11.6. The quantitative estimate of drug-likeness (QED) is 0.664. The molecule has 0 saturated heterocycles. The number of primary amides is 1. The second kappa shape index (κ2) is 4.20. The van der Waals surface area contributed by atoms with Crippen molar-refractivity contribution in [1.82, 2.24) is 9.78 Å². The summed E-state index contributed by atoms with van der Waals surface area (Å²) < 4.78 is 1.74. The van der Waals surface area contributed by atoms with Gasteiger partial charge in [0.2, 0.25) is 5.91 Å². The number of rotatable bonds is 4. The van der Waals surface area contributed by atoms with E-state index in [1.165, 1.54) is 0 Å². The lowest BCUT2D eigenvalue weighted by Gasteiger charge is -2.12. The lowest BCUT2D eigenvalue weighted by Crippen LogP contribution is -2.23. The molecule has 0 aliphatic rings. The number of nitrogens with two attached hydrogens (primary N) is 2. The SMILES string of the molecule is Cc1nn(C(C)C)c(NCC(N)=O)c1N. The van der Waals surface area contributed by atoms with Crippen molar-refractivity contribution in [3.63, 3.8) is 0 Å². The first kappa shape index (κ1) is 11.4. The Balaban J connectivity index is 2.97. The van der Waals surface area contributed by atoms with Crippen LogP contribution < -0.4 is 16.8 Å². The Morgan fingerprint density at radius 1 is 1.60 bits per heavy atom. The Kier molecular flexibility index (Phi) is 3.18. The standard InChI is InChI=1S/C9H17N5O/c1-5(2)14-9(12-4-7(10)15)8(11)6(3)13-14/h5,12H,4,11H2,1-3H3,(H2,10,15). The molecule has 15 heavy (non-hydrogen) atoms. The van der Waals surface area contributed by atoms with Crippen LogP contribution >= 0.6 is 0 Å². The summed E-state index contributed by atoms with van der Waals surface area (Å²) in [5, 5.41) is 7.15. The van der Waals surface area contributed by atoms with E-state index in [1.54, 1.807) is 4.68 Å². The molecule has 0 atom stereocenters. The van der Waals surface area contributed by atoms with E-state index in [9.17, 15) is 4.79 Å². The molecule has 1 heterocycles. The Bertz CT molecular complexity index is 369. The van der Waals surface area contributed by atoms with Gasteiger partial charge in [0.15, 0.2) is 0 Å². The van der Waals surface area contributed by atoms with Gasteiger partial charge >= 0.3 is 0 Å². The molecule has 0 radical (unpaired) electrons. The monoisotopic (exact) mass is 211 g/mol. The van der Waals surface area contributed by atoms with Crippen LogP contribution in [-0.2, 0) is 4.79 Å². The molecular weight excluding hydrogens is 194 g/mol.